The van der Waals surface area contributed by atoms with E-state index in [4.69, 9.17) is 9.47 Å². The molecule has 4 unspecified atom stereocenters. The Morgan fingerprint density at radius 3 is 2.39 bits per heavy atom. The Labute approximate surface area is 196 Å². The Morgan fingerprint density at radius 2 is 1.76 bits per heavy atom. The van der Waals surface area contributed by atoms with Crippen molar-refractivity contribution in [3.63, 3.8) is 0 Å². The monoisotopic (exact) mass is 463 g/mol. The van der Waals surface area contributed by atoms with Crippen LogP contribution in [-0.4, -0.2) is 31.6 Å². The fourth-order valence-corrected chi connectivity index (χ4v) is 5.61. The number of hydrogen-bond acceptors (Lipinski definition) is 7. The summed E-state index contributed by atoms with van der Waals surface area (Å²) in [6, 6.07) is 18.5. The normalized spacial score (nSPS) is 24.1. The van der Waals surface area contributed by atoms with Crippen molar-refractivity contribution in [2.45, 2.75) is 25.0 Å². The summed E-state index contributed by atoms with van der Waals surface area (Å²) in [7, 11) is 1.64. The highest BCUT2D eigenvalue weighted by molar-refractivity contribution is 7.10. The molecule has 2 N–H and O–H groups in total. The van der Waals surface area contributed by atoms with Gasteiger partial charge in [-0.05, 0) is 60.3 Å². The fourth-order valence-electron chi connectivity index (χ4n) is 4.78. The highest BCUT2D eigenvalue weighted by atomic mass is 32.1. The third-order valence-electron chi connectivity index (χ3n) is 6.27. The Morgan fingerprint density at radius 1 is 1.03 bits per heavy atom. The number of rotatable bonds is 6. The molecule has 3 heterocycles. The summed E-state index contributed by atoms with van der Waals surface area (Å²) in [6.07, 6.45) is 0. The second-order valence-electron chi connectivity index (χ2n) is 8.03. The molecular weight excluding hydrogens is 438 g/mol. The lowest BCUT2D eigenvalue weighted by atomic mass is 9.85. The zero-order valence-electron chi connectivity index (χ0n) is 18.4. The van der Waals surface area contributed by atoms with E-state index in [1.54, 1.807) is 37.5 Å². The first-order chi connectivity index (χ1) is 16.1. The van der Waals surface area contributed by atoms with Gasteiger partial charge in [-0.3, -0.25) is 4.79 Å². The zero-order valence-corrected chi connectivity index (χ0v) is 19.2. The molecule has 8 heteroatoms. The van der Waals surface area contributed by atoms with Crippen molar-refractivity contribution in [2.24, 2.45) is 5.92 Å². The maximum Gasteiger partial charge on any atom is 0.338 e. The first-order valence-electron chi connectivity index (χ1n) is 10.9. The van der Waals surface area contributed by atoms with Gasteiger partial charge in [0.05, 0.1) is 31.4 Å². The number of amides is 1. The minimum absolute atomic E-state index is 0.00346. The van der Waals surface area contributed by atoms with E-state index in [2.05, 4.69) is 22.3 Å². The van der Waals surface area contributed by atoms with Gasteiger partial charge < -0.3 is 14.4 Å². The number of hydrogen-bond donors (Lipinski definition) is 2. The van der Waals surface area contributed by atoms with Crippen LogP contribution < -0.4 is 20.5 Å². The quantitative estimate of drug-likeness (QED) is 0.541. The molecule has 2 saturated heterocycles. The smallest absolute Gasteiger partial charge is 0.338 e. The molecule has 0 aliphatic carbocycles. The van der Waals surface area contributed by atoms with Crippen LogP contribution in [0.25, 0.3) is 0 Å². The van der Waals surface area contributed by atoms with Gasteiger partial charge in [0.15, 0.2) is 0 Å². The molecule has 0 spiro atoms. The van der Waals surface area contributed by atoms with Crippen LogP contribution in [0.3, 0.4) is 0 Å². The van der Waals surface area contributed by atoms with Crippen LogP contribution in [-0.2, 0) is 9.53 Å². The van der Waals surface area contributed by atoms with Crippen molar-refractivity contribution in [2.75, 3.05) is 18.6 Å². The van der Waals surface area contributed by atoms with Crippen LogP contribution in [0, 0.1) is 5.92 Å². The third kappa shape index (κ3) is 3.80. The summed E-state index contributed by atoms with van der Waals surface area (Å²) in [5.41, 5.74) is 8.83. The number of ether oxygens (including phenoxy) is 2. The molecule has 3 aromatic rings. The molecule has 2 fully saturated rings. The lowest BCUT2D eigenvalue weighted by Gasteiger charge is -2.31. The number of carbonyl (C=O) groups is 2. The van der Waals surface area contributed by atoms with Crippen LogP contribution in [0.2, 0.25) is 0 Å². The summed E-state index contributed by atoms with van der Waals surface area (Å²) < 4.78 is 10.4. The maximum absolute atomic E-state index is 13.6. The molecule has 0 bridgehead atoms. The van der Waals surface area contributed by atoms with Gasteiger partial charge in [-0.25, -0.2) is 15.6 Å². The molecule has 33 heavy (non-hydrogen) atoms. The van der Waals surface area contributed by atoms with Crippen molar-refractivity contribution in [3.05, 3.63) is 82.0 Å². The molecule has 2 aliphatic heterocycles. The van der Waals surface area contributed by atoms with Crippen molar-refractivity contribution in [1.82, 2.24) is 10.9 Å². The van der Waals surface area contributed by atoms with E-state index in [1.165, 1.54) is 4.88 Å². The molecule has 0 radical (unpaired) electrons. The minimum Gasteiger partial charge on any atom is -0.497 e. The van der Waals surface area contributed by atoms with Gasteiger partial charge >= 0.3 is 5.97 Å². The number of esters is 1. The van der Waals surface area contributed by atoms with E-state index in [9.17, 15) is 9.59 Å². The molecule has 7 nitrogen and oxygen atoms in total. The number of anilines is 1. The molecule has 0 saturated carbocycles. The zero-order chi connectivity index (χ0) is 22.9. The van der Waals surface area contributed by atoms with Crippen LogP contribution in [0.5, 0.6) is 5.75 Å². The topological polar surface area (TPSA) is 79.9 Å². The molecular formula is C25H25N3O4S. The Hall–Kier alpha value is -3.20. The first kappa shape index (κ1) is 21.6. The Bertz CT molecular complexity index is 1130. The average molecular weight is 464 g/mol. The van der Waals surface area contributed by atoms with Gasteiger partial charge in [0.25, 0.3) is 0 Å². The van der Waals surface area contributed by atoms with Crippen molar-refractivity contribution < 1.29 is 19.1 Å². The van der Waals surface area contributed by atoms with Crippen LogP contribution >= 0.6 is 11.3 Å². The number of carbonyl (C=O) groups excluding carboxylic acids is 2. The van der Waals surface area contributed by atoms with Crippen molar-refractivity contribution in [3.8, 4) is 5.75 Å². The Kier molecular flexibility index (Phi) is 5.88. The number of fused-ring (bicyclic) bond motifs is 1. The molecule has 5 rings (SSSR count). The summed E-state index contributed by atoms with van der Waals surface area (Å²) in [5.74, 6) is 0.372. The van der Waals surface area contributed by atoms with Gasteiger partial charge in [-0.2, -0.15) is 0 Å². The molecule has 1 amide bonds. The largest absolute Gasteiger partial charge is 0.497 e. The average Bonchev–Trinajstić information content (AvgIpc) is 3.57. The van der Waals surface area contributed by atoms with Gasteiger partial charge in [-0.1, -0.05) is 18.2 Å². The first-order valence-corrected chi connectivity index (χ1v) is 11.8. The number of methoxy groups -OCH3 is 1. The Balaban J connectivity index is 1.55. The number of hydrazine groups is 1. The standard InChI is InChI=1S/C25H25N3O4S/c1-3-32-25(30)16-6-10-17(11-7-16)28-23(15-8-12-18(31-2)13-9-15)20-21(19-5-4-14-33-19)26-27-22(20)24(28)29/h4-14,20-23,26-27H,3H2,1-2H3. The van der Waals surface area contributed by atoms with E-state index in [1.807, 2.05) is 47.4 Å². The molecule has 170 valence electrons. The highest BCUT2D eigenvalue weighted by Crippen LogP contribution is 2.49. The van der Waals surface area contributed by atoms with E-state index in [-0.39, 0.29) is 35.9 Å². The predicted molar refractivity (Wildman–Crippen MR) is 126 cm³/mol. The molecule has 2 aromatic carbocycles. The minimum atomic E-state index is -0.371. The number of benzene rings is 2. The van der Waals surface area contributed by atoms with E-state index in [0.717, 1.165) is 17.0 Å². The van der Waals surface area contributed by atoms with Crippen LogP contribution in [0.1, 0.15) is 39.8 Å². The summed E-state index contributed by atoms with van der Waals surface area (Å²) in [4.78, 5) is 28.8. The fraction of sp³-hybridized carbons (Fsp3) is 0.280. The van der Waals surface area contributed by atoms with Crippen molar-refractivity contribution in [1.29, 1.82) is 0 Å². The molecule has 2 aliphatic rings. The maximum atomic E-state index is 13.6. The SMILES string of the molecule is CCOC(=O)c1ccc(N2C(=O)C3NNC(c4cccs4)C3C2c2ccc(OC)cc2)cc1. The second kappa shape index (κ2) is 8.97. The van der Waals surface area contributed by atoms with Gasteiger partial charge in [0, 0.05) is 16.5 Å². The molecule has 1 aromatic heterocycles. The van der Waals surface area contributed by atoms with Gasteiger partial charge in [-0.15, -0.1) is 11.3 Å². The van der Waals surface area contributed by atoms with Crippen LogP contribution in [0.15, 0.2) is 66.0 Å². The lowest BCUT2D eigenvalue weighted by molar-refractivity contribution is -0.119. The number of nitrogens with one attached hydrogen (secondary N) is 2. The second-order valence-corrected chi connectivity index (χ2v) is 9.01. The van der Waals surface area contributed by atoms with Gasteiger partial charge in [0.2, 0.25) is 5.91 Å². The number of thiophene rings is 1. The predicted octanol–water partition coefficient (Wildman–Crippen LogP) is 3.86. The van der Waals surface area contributed by atoms with E-state index in [0.29, 0.717) is 12.2 Å². The van der Waals surface area contributed by atoms with Gasteiger partial charge in [0.1, 0.15) is 11.8 Å². The molecule has 4 atom stereocenters. The van der Waals surface area contributed by atoms with Crippen LogP contribution in [0.4, 0.5) is 5.69 Å². The third-order valence-corrected chi connectivity index (χ3v) is 7.23. The van der Waals surface area contributed by atoms with Crippen molar-refractivity contribution >= 4 is 28.9 Å². The summed E-state index contributed by atoms with van der Waals surface area (Å²) >= 11 is 1.68. The lowest BCUT2D eigenvalue weighted by Crippen LogP contribution is -2.41. The van der Waals surface area contributed by atoms with E-state index >= 15 is 0 Å². The highest BCUT2D eigenvalue weighted by Gasteiger charge is 2.56. The summed E-state index contributed by atoms with van der Waals surface area (Å²) in [5, 5.41) is 2.05. The number of nitrogens with zero attached hydrogens (tertiary/aromatic N) is 1. The van der Waals surface area contributed by atoms with E-state index < -0.39 is 0 Å². The summed E-state index contributed by atoms with van der Waals surface area (Å²) in [6.45, 7) is 2.09.